The van der Waals surface area contributed by atoms with Gasteiger partial charge < -0.3 is 15.1 Å². The van der Waals surface area contributed by atoms with Gasteiger partial charge in [0, 0.05) is 12.6 Å². The molecule has 0 aliphatic carbocycles. The standard InChI is InChI=1S/C14H33N3/c1-7-13(3)14(15-8-2)12-17(6)11-9-10-16(4)5/h13-15H,7-12H2,1-6H3. The van der Waals surface area contributed by atoms with Gasteiger partial charge in [-0.3, -0.25) is 0 Å². The monoisotopic (exact) mass is 243 g/mol. The number of hydrogen-bond donors (Lipinski definition) is 1. The van der Waals surface area contributed by atoms with Crippen LogP contribution in [0.5, 0.6) is 0 Å². The van der Waals surface area contributed by atoms with Gasteiger partial charge in [0.25, 0.3) is 0 Å². The minimum absolute atomic E-state index is 0.634. The van der Waals surface area contributed by atoms with Gasteiger partial charge in [0.05, 0.1) is 0 Å². The molecule has 0 aliphatic heterocycles. The van der Waals surface area contributed by atoms with Crippen molar-refractivity contribution in [3.63, 3.8) is 0 Å². The third-order valence-electron chi connectivity index (χ3n) is 3.45. The predicted octanol–water partition coefficient (Wildman–Crippen LogP) is 1.89. The van der Waals surface area contributed by atoms with E-state index in [1.54, 1.807) is 0 Å². The highest BCUT2D eigenvalue weighted by molar-refractivity contribution is 4.75. The lowest BCUT2D eigenvalue weighted by atomic mass is 9.98. The summed E-state index contributed by atoms with van der Waals surface area (Å²) < 4.78 is 0. The summed E-state index contributed by atoms with van der Waals surface area (Å²) in [5.74, 6) is 0.756. The van der Waals surface area contributed by atoms with Gasteiger partial charge in [-0.25, -0.2) is 0 Å². The molecule has 3 nitrogen and oxygen atoms in total. The third-order valence-corrected chi connectivity index (χ3v) is 3.45. The zero-order chi connectivity index (χ0) is 13.3. The minimum atomic E-state index is 0.634. The second-order valence-electron chi connectivity index (χ2n) is 5.47. The maximum Gasteiger partial charge on any atom is 0.0220 e. The summed E-state index contributed by atoms with van der Waals surface area (Å²) in [5.41, 5.74) is 0. The molecule has 0 saturated heterocycles. The van der Waals surface area contributed by atoms with Crippen molar-refractivity contribution in [2.45, 2.75) is 39.7 Å². The quantitative estimate of drug-likeness (QED) is 0.632. The number of rotatable bonds is 10. The molecule has 0 aromatic carbocycles. The van der Waals surface area contributed by atoms with E-state index in [0.717, 1.165) is 19.0 Å². The van der Waals surface area contributed by atoms with Gasteiger partial charge in [0.15, 0.2) is 0 Å². The summed E-state index contributed by atoms with van der Waals surface area (Å²) in [6.45, 7) is 11.4. The van der Waals surface area contributed by atoms with Gasteiger partial charge in [0.1, 0.15) is 0 Å². The molecule has 17 heavy (non-hydrogen) atoms. The van der Waals surface area contributed by atoms with Crippen molar-refractivity contribution in [3.8, 4) is 0 Å². The molecule has 2 unspecified atom stereocenters. The first-order valence-corrected chi connectivity index (χ1v) is 7.07. The van der Waals surface area contributed by atoms with Crippen LogP contribution in [0, 0.1) is 5.92 Å². The first kappa shape index (κ1) is 16.9. The molecule has 0 spiro atoms. The van der Waals surface area contributed by atoms with Crippen LogP contribution in [-0.4, -0.2) is 63.2 Å². The number of hydrogen-bond acceptors (Lipinski definition) is 3. The molecular formula is C14H33N3. The van der Waals surface area contributed by atoms with Crippen LogP contribution in [0.3, 0.4) is 0 Å². The molecule has 0 aromatic heterocycles. The highest BCUT2D eigenvalue weighted by atomic mass is 15.1. The van der Waals surface area contributed by atoms with E-state index in [-0.39, 0.29) is 0 Å². The van der Waals surface area contributed by atoms with Crippen molar-refractivity contribution in [1.82, 2.24) is 15.1 Å². The molecule has 0 aromatic rings. The van der Waals surface area contributed by atoms with Crippen molar-refractivity contribution in [2.75, 3.05) is 47.3 Å². The summed E-state index contributed by atoms with van der Waals surface area (Å²) in [6, 6.07) is 0.634. The molecule has 0 aliphatic rings. The lowest BCUT2D eigenvalue weighted by Crippen LogP contribution is -2.44. The largest absolute Gasteiger partial charge is 0.313 e. The summed E-state index contributed by atoms with van der Waals surface area (Å²) in [5, 5.41) is 3.61. The topological polar surface area (TPSA) is 18.5 Å². The second kappa shape index (κ2) is 9.86. The van der Waals surface area contributed by atoms with Crippen LogP contribution >= 0.6 is 0 Å². The van der Waals surface area contributed by atoms with Gasteiger partial charge in [-0.15, -0.1) is 0 Å². The molecule has 2 atom stereocenters. The maximum absolute atomic E-state index is 3.61. The molecule has 0 rings (SSSR count). The van der Waals surface area contributed by atoms with E-state index in [9.17, 15) is 0 Å². The van der Waals surface area contributed by atoms with Crippen LogP contribution in [0.25, 0.3) is 0 Å². The van der Waals surface area contributed by atoms with Crippen LogP contribution in [0.1, 0.15) is 33.6 Å². The molecule has 0 fully saturated rings. The van der Waals surface area contributed by atoms with Gasteiger partial charge in [0.2, 0.25) is 0 Å². The fourth-order valence-electron chi connectivity index (χ4n) is 2.08. The fourth-order valence-corrected chi connectivity index (χ4v) is 2.08. The number of nitrogens with zero attached hydrogens (tertiary/aromatic N) is 2. The maximum atomic E-state index is 3.61. The van der Waals surface area contributed by atoms with E-state index >= 15 is 0 Å². The summed E-state index contributed by atoms with van der Waals surface area (Å²) in [7, 11) is 6.52. The first-order valence-electron chi connectivity index (χ1n) is 7.07. The van der Waals surface area contributed by atoms with Gasteiger partial charge in [-0.1, -0.05) is 27.2 Å². The van der Waals surface area contributed by atoms with Crippen LogP contribution in [0.4, 0.5) is 0 Å². The van der Waals surface area contributed by atoms with E-state index in [2.05, 4.69) is 57.0 Å². The summed E-state index contributed by atoms with van der Waals surface area (Å²) in [6.07, 6.45) is 2.51. The first-order chi connectivity index (χ1) is 8.01. The number of likely N-dealkylation sites (N-methyl/N-ethyl adjacent to an activating group) is 2. The Kier molecular flexibility index (Phi) is 9.79. The molecule has 0 saturated carbocycles. The molecule has 0 amide bonds. The highest BCUT2D eigenvalue weighted by Crippen LogP contribution is 2.09. The summed E-state index contributed by atoms with van der Waals surface area (Å²) >= 11 is 0. The minimum Gasteiger partial charge on any atom is -0.313 e. The Morgan fingerprint density at radius 3 is 2.18 bits per heavy atom. The Morgan fingerprint density at radius 1 is 1.06 bits per heavy atom. The molecule has 3 heteroatoms. The zero-order valence-corrected chi connectivity index (χ0v) is 12.8. The average molecular weight is 243 g/mol. The fraction of sp³-hybridized carbons (Fsp3) is 1.00. The normalized spacial score (nSPS) is 15.5. The van der Waals surface area contributed by atoms with Crippen molar-refractivity contribution in [2.24, 2.45) is 5.92 Å². The predicted molar refractivity (Wildman–Crippen MR) is 77.6 cm³/mol. The third kappa shape index (κ3) is 8.58. The Labute approximate surface area is 109 Å². The van der Waals surface area contributed by atoms with E-state index in [1.807, 2.05) is 0 Å². The molecule has 104 valence electrons. The van der Waals surface area contributed by atoms with Gasteiger partial charge in [-0.05, 0) is 53.1 Å². The molecule has 0 radical (unpaired) electrons. The van der Waals surface area contributed by atoms with E-state index < -0.39 is 0 Å². The van der Waals surface area contributed by atoms with Crippen molar-refractivity contribution in [1.29, 1.82) is 0 Å². The van der Waals surface area contributed by atoms with Crippen LogP contribution < -0.4 is 5.32 Å². The lowest BCUT2D eigenvalue weighted by molar-refractivity contribution is 0.236. The zero-order valence-electron chi connectivity index (χ0n) is 12.8. The van der Waals surface area contributed by atoms with Crippen molar-refractivity contribution in [3.05, 3.63) is 0 Å². The van der Waals surface area contributed by atoms with Crippen LogP contribution in [0.2, 0.25) is 0 Å². The number of nitrogens with one attached hydrogen (secondary N) is 1. The van der Waals surface area contributed by atoms with E-state index in [4.69, 9.17) is 0 Å². The second-order valence-corrected chi connectivity index (χ2v) is 5.47. The molecular weight excluding hydrogens is 210 g/mol. The van der Waals surface area contributed by atoms with Gasteiger partial charge in [-0.2, -0.15) is 0 Å². The van der Waals surface area contributed by atoms with E-state index in [1.165, 1.54) is 25.9 Å². The van der Waals surface area contributed by atoms with E-state index in [0.29, 0.717) is 6.04 Å². The smallest absolute Gasteiger partial charge is 0.0220 e. The van der Waals surface area contributed by atoms with Crippen LogP contribution in [0.15, 0.2) is 0 Å². The molecule has 0 heterocycles. The van der Waals surface area contributed by atoms with Crippen molar-refractivity contribution >= 4 is 0 Å². The van der Waals surface area contributed by atoms with Crippen molar-refractivity contribution < 1.29 is 0 Å². The Balaban J connectivity index is 3.90. The average Bonchev–Trinajstić information content (AvgIpc) is 2.27. The molecule has 1 N–H and O–H groups in total. The Morgan fingerprint density at radius 2 is 1.71 bits per heavy atom. The van der Waals surface area contributed by atoms with Crippen LogP contribution in [-0.2, 0) is 0 Å². The lowest BCUT2D eigenvalue weighted by Gasteiger charge is -2.29. The molecule has 0 bridgehead atoms. The Bertz CT molecular complexity index is 171. The SMILES string of the molecule is CCNC(CN(C)CCCN(C)C)C(C)CC. The summed E-state index contributed by atoms with van der Waals surface area (Å²) in [4.78, 5) is 4.72. The highest BCUT2D eigenvalue weighted by Gasteiger charge is 2.16. The van der Waals surface area contributed by atoms with Gasteiger partial charge >= 0.3 is 0 Å². The Hall–Kier alpha value is -0.120.